The number of imidazole rings is 1. The van der Waals surface area contributed by atoms with Gasteiger partial charge in [0.05, 0.1) is 0 Å². The summed E-state index contributed by atoms with van der Waals surface area (Å²) < 4.78 is 7.93. The Morgan fingerprint density at radius 3 is 2.60 bits per heavy atom. The molecule has 1 heterocycles. The molecule has 0 aliphatic rings. The van der Waals surface area contributed by atoms with E-state index in [9.17, 15) is 0 Å². The van der Waals surface area contributed by atoms with Crippen molar-refractivity contribution in [2.75, 3.05) is 14.1 Å². The van der Waals surface area contributed by atoms with Gasteiger partial charge in [0.15, 0.2) is 11.9 Å². The predicted octanol–water partition coefficient (Wildman–Crippen LogP) is 2.68. The SMILES string of the molecule is Cc1ccccc1C(OC(=S)N(C)C)c1nccn1C. The highest BCUT2D eigenvalue weighted by atomic mass is 32.1. The van der Waals surface area contributed by atoms with E-state index in [1.165, 1.54) is 0 Å². The van der Waals surface area contributed by atoms with E-state index in [4.69, 9.17) is 17.0 Å². The van der Waals surface area contributed by atoms with Crippen molar-refractivity contribution in [3.63, 3.8) is 0 Å². The summed E-state index contributed by atoms with van der Waals surface area (Å²) in [6.07, 6.45) is 3.37. The lowest BCUT2D eigenvalue weighted by atomic mass is 10.0. The van der Waals surface area contributed by atoms with Crippen LogP contribution in [0.3, 0.4) is 0 Å². The predicted molar refractivity (Wildman–Crippen MR) is 83.6 cm³/mol. The zero-order valence-electron chi connectivity index (χ0n) is 12.2. The molecule has 5 heteroatoms. The molecule has 0 amide bonds. The Hall–Kier alpha value is -1.88. The second kappa shape index (κ2) is 6.05. The molecule has 0 bridgehead atoms. The third kappa shape index (κ3) is 2.99. The molecule has 1 unspecified atom stereocenters. The van der Waals surface area contributed by atoms with Gasteiger partial charge in [0.2, 0.25) is 0 Å². The van der Waals surface area contributed by atoms with Crippen molar-refractivity contribution in [1.82, 2.24) is 14.5 Å². The standard InChI is InChI=1S/C15H19N3OS/c1-11-7-5-6-8-12(11)13(19-15(20)17(2)3)14-16-9-10-18(14)4/h5-10,13H,1-4H3. The first-order valence-corrected chi connectivity index (χ1v) is 6.82. The average Bonchev–Trinajstić information content (AvgIpc) is 2.82. The van der Waals surface area contributed by atoms with Gasteiger partial charge in [0, 0.05) is 39.1 Å². The number of ether oxygens (including phenoxy) is 1. The molecule has 2 aromatic rings. The fourth-order valence-electron chi connectivity index (χ4n) is 1.97. The van der Waals surface area contributed by atoms with E-state index in [-0.39, 0.29) is 6.10 Å². The summed E-state index contributed by atoms with van der Waals surface area (Å²) in [5, 5.41) is 0.446. The Bertz CT molecular complexity index is 607. The summed E-state index contributed by atoms with van der Waals surface area (Å²) in [6, 6.07) is 8.12. The average molecular weight is 289 g/mol. The molecule has 0 spiro atoms. The van der Waals surface area contributed by atoms with Crippen LogP contribution in [0.15, 0.2) is 36.7 Å². The maximum Gasteiger partial charge on any atom is 0.259 e. The van der Waals surface area contributed by atoms with Crippen LogP contribution in [0, 0.1) is 6.92 Å². The molecule has 1 aromatic carbocycles. The maximum atomic E-state index is 5.98. The van der Waals surface area contributed by atoms with Crippen LogP contribution in [-0.4, -0.2) is 33.7 Å². The van der Waals surface area contributed by atoms with E-state index < -0.39 is 0 Å². The minimum absolute atomic E-state index is 0.300. The second-order valence-electron chi connectivity index (χ2n) is 4.91. The maximum absolute atomic E-state index is 5.98. The molecule has 0 aliphatic heterocycles. The van der Waals surface area contributed by atoms with Gasteiger partial charge in [-0.15, -0.1) is 0 Å². The molecule has 20 heavy (non-hydrogen) atoms. The van der Waals surface area contributed by atoms with E-state index in [1.54, 1.807) is 11.1 Å². The second-order valence-corrected chi connectivity index (χ2v) is 5.26. The smallest absolute Gasteiger partial charge is 0.259 e. The van der Waals surface area contributed by atoms with Gasteiger partial charge < -0.3 is 14.2 Å². The molecular weight excluding hydrogens is 270 g/mol. The molecule has 0 fully saturated rings. The highest BCUT2D eigenvalue weighted by molar-refractivity contribution is 7.80. The summed E-state index contributed by atoms with van der Waals surface area (Å²) in [5.74, 6) is 0.837. The van der Waals surface area contributed by atoms with E-state index in [2.05, 4.69) is 18.0 Å². The molecule has 0 saturated carbocycles. The number of hydrogen-bond donors (Lipinski definition) is 0. The van der Waals surface area contributed by atoms with Gasteiger partial charge in [0.25, 0.3) is 5.17 Å². The minimum atomic E-state index is -0.300. The van der Waals surface area contributed by atoms with Crippen molar-refractivity contribution in [2.24, 2.45) is 7.05 Å². The minimum Gasteiger partial charge on any atom is -0.454 e. The van der Waals surface area contributed by atoms with Crippen LogP contribution in [-0.2, 0) is 11.8 Å². The van der Waals surface area contributed by atoms with Crippen molar-refractivity contribution in [2.45, 2.75) is 13.0 Å². The number of hydrogen-bond acceptors (Lipinski definition) is 3. The molecule has 4 nitrogen and oxygen atoms in total. The van der Waals surface area contributed by atoms with Gasteiger partial charge in [-0.2, -0.15) is 0 Å². The van der Waals surface area contributed by atoms with Crippen LogP contribution in [0.25, 0.3) is 0 Å². The Kier molecular flexibility index (Phi) is 4.39. The van der Waals surface area contributed by atoms with Crippen LogP contribution < -0.4 is 0 Å². The Morgan fingerprint density at radius 1 is 1.35 bits per heavy atom. The quantitative estimate of drug-likeness (QED) is 0.813. The van der Waals surface area contributed by atoms with E-state index in [1.807, 2.05) is 50.1 Å². The molecule has 0 radical (unpaired) electrons. The van der Waals surface area contributed by atoms with Crippen LogP contribution >= 0.6 is 12.2 Å². The van der Waals surface area contributed by atoms with Gasteiger partial charge >= 0.3 is 0 Å². The monoisotopic (exact) mass is 289 g/mol. The third-order valence-electron chi connectivity index (χ3n) is 3.15. The molecule has 0 saturated heterocycles. The summed E-state index contributed by atoms with van der Waals surface area (Å²) in [4.78, 5) is 6.19. The van der Waals surface area contributed by atoms with Crippen molar-refractivity contribution in [3.05, 3.63) is 53.6 Å². The summed E-state index contributed by atoms with van der Waals surface area (Å²) >= 11 is 5.28. The van der Waals surface area contributed by atoms with Gasteiger partial charge in [0.1, 0.15) is 0 Å². The zero-order chi connectivity index (χ0) is 14.7. The lowest BCUT2D eigenvalue weighted by Gasteiger charge is -2.23. The molecular formula is C15H19N3OS. The largest absolute Gasteiger partial charge is 0.454 e. The van der Waals surface area contributed by atoms with Gasteiger partial charge in [-0.05, 0) is 24.7 Å². The van der Waals surface area contributed by atoms with E-state index >= 15 is 0 Å². The van der Waals surface area contributed by atoms with Crippen LogP contribution in [0.1, 0.15) is 23.1 Å². The molecule has 106 valence electrons. The number of aryl methyl sites for hydroxylation is 2. The third-order valence-corrected chi connectivity index (χ3v) is 3.61. The number of thiocarbonyl (C=S) groups is 1. The molecule has 2 rings (SSSR count). The highest BCUT2D eigenvalue weighted by Gasteiger charge is 2.23. The number of nitrogens with zero attached hydrogens (tertiary/aromatic N) is 3. The Labute approximate surface area is 125 Å². The molecule has 1 atom stereocenters. The Balaban J connectivity index is 2.43. The van der Waals surface area contributed by atoms with Crippen LogP contribution in [0.2, 0.25) is 0 Å². The molecule has 0 aliphatic carbocycles. The zero-order valence-corrected chi connectivity index (χ0v) is 13.0. The van der Waals surface area contributed by atoms with Crippen molar-refractivity contribution < 1.29 is 4.74 Å². The van der Waals surface area contributed by atoms with Crippen molar-refractivity contribution in [3.8, 4) is 0 Å². The molecule has 1 aromatic heterocycles. The van der Waals surface area contributed by atoms with E-state index in [0.29, 0.717) is 5.17 Å². The van der Waals surface area contributed by atoms with Crippen molar-refractivity contribution >= 4 is 17.4 Å². The van der Waals surface area contributed by atoms with Crippen LogP contribution in [0.5, 0.6) is 0 Å². The van der Waals surface area contributed by atoms with Crippen LogP contribution in [0.4, 0.5) is 0 Å². The Morgan fingerprint density at radius 2 is 2.05 bits per heavy atom. The first-order valence-electron chi connectivity index (χ1n) is 6.41. The lowest BCUT2D eigenvalue weighted by Crippen LogP contribution is -2.26. The number of aromatic nitrogens is 2. The van der Waals surface area contributed by atoms with E-state index in [0.717, 1.165) is 17.0 Å². The first kappa shape index (κ1) is 14.5. The topological polar surface area (TPSA) is 30.3 Å². The van der Waals surface area contributed by atoms with Gasteiger partial charge in [-0.3, -0.25) is 0 Å². The fourth-order valence-corrected chi connectivity index (χ4v) is 2.07. The summed E-state index contributed by atoms with van der Waals surface area (Å²) in [5.41, 5.74) is 2.23. The summed E-state index contributed by atoms with van der Waals surface area (Å²) in [6.45, 7) is 2.06. The number of rotatable bonds is 3. The molecule has 0 N–H and O–H groups in total. The van der Waals surface area contributed by atoms with Gasteiger partial charge in [-0.25, -0.2) is 4.98 Å². The normalized spacial score (nSPS) is 12.0. The first-order chi connectivity index (χ1) is 9.50. The fraction of sp³-hybridized carbons (Fsp3) is 0.333. The lowest BCUT2D eigenvalue weighted by molar-refractivity contribution is 0.194. The van der Waals surface area contributed by atoms with Crippen molar-refractivity contribution in [1.29, 1.82) is 0 Å². The van der Waals surface area contributed by atoms with Gasteiger partial charge in [-0.1, -0.05) is 24.3 Å². The highest BCUT2D eigenvalue weighted by Crippen LogP contribution is 2.27. The summed E-state index contributed by atoms with van der Waals surface area (Å²) in [7, 11) is 5.70. The number of benzene rings is 1.